The normalized spacial score (nSPS) is 11.1. The van der Waals surface area contributed by atoms with Gasteiger partial charge in [-0.25, -0.2) is 24.5 Å². The van der Waals surface area contributed by atoms with Gasteiger partial charge in [-0.15, -0.1) is 11.6 Å². The average Bonchev–Trinajstić information content (AvgIpc) is 3.98. The van der Waals surface area contributed by atoms with Crippen molar-refractivity contribution in [2.45, 2.75) is 153 Å². The molecule has 1 atom stereocenters. The molecule has 3 aromatic rings. The van der Waals surface area contributed by atoms with Crippen LogP contribution in [0.4, 0.5) is 0 Å². The average molecular weight is 1130 g/mol. The molecule has 0 bridgehead atoms. The number of halogens is 3. The summed E-state index contributed by atoms with van der Waals surface area (Å²) in [4.78, 5) is 86.7. The number of Topliss-reactive ketones (excluding diaryl/α,β-unsaturated/α-hetero) is 2. The van der Waals surface area contributed by atoms with E-state index in [0.29, 0.717) is 18.0 Å². The first-order valence-corrected chi connectivity index (χ1v) is 24.4. The molecular weight excluding hydrogens is 1050 g/mol. The molecule has 398 valence electrons. The molecule has 0 amide bonds. The van der Waals surface area contributed by atoms with Gasteiger partial charge in [-0.1, -0.05) is 111 Å². The van der Waals surface area contributed by atoms with Crippen molar-refractivity contribution in [1.82, 2.24) is 29.9 Å². The first-order valence-electron chi connectivity index (χ1n) is 19.9. The third-order valence-corrected chi connectivity index (χ3v) is 8.09. The Bertz CT molecular complexity index is 2150. The number of H-pyrrole nitrogens is 3. The molecule has 3 heterocycles. The molecule has 27 heteroatoms. The number of ether oxygens (including phenoxy) is 3. The zero-order valence-electron chi connectivity index (χ0n) is 44.1. The van der Waals surface area contributed by atoms with Crippen LogP contribution >= 0.6 is 33.0 Å². The van der Waals surface area contributed by atoms with Crippen LogP contribution in [0, 0.1) is 10.8 Å². The fourth-order valence-corrected chi connectivity index (χ4v) is 4.82. The van der Waals surface area contributed by atoms with E-state index in [-0.39, 0.29) is 85.9 Å². The van der Waals surface area contributed by atoms with E-state index in [4.69, 9.17) is 32.8 Å². The molecule has 1 unspecified atom stereocenters. The molecule has 0 fully saturated rings. The molecule has 4 N–H and O–H groups in total. The van der Waals surface area contributed by atoms with E-state index < -0.39 is 57.2 Å². The second-order valence-electron chi connectivity index (χ2n) is 18.6. The first-order chi connectivity index (χ1) is 30.2. The zero-order chi connectivity index (χ0) is 53.9. The van der Waals surface area contributed by atoms with Gasteiger partial charge in [0, 0.05) is 65.8 Å². The number of aromatic nitrogens is 6. The van der Waals surface area contributed by atoms with Crippen molar-refractivity contribution in [1.29, 1.82) is 0 Å². The molecule has 3 aromatic heterocycles. The molecule has 0 spiro atoms. The summed E-state index contributed by atoms with van der Waals surface area (Å²) in [6.07, 6.45) is 5.33. The number of aromatic amines is 3. The quantitative estimate of drug-likeness (QED) is 0.0439. The number of esters is 3. The molecule has 0 saturated heterocycles. The molecule has 70 heavy (non-hydrogen) atoms. The van der Waals surface area contributed by atoms with E-state index >= 15 is 0 Å². The summed E-state index contributed by atoms with van der Waals surface area (Å²) in [5, 5.41) is 7.71. The molecule has 0 saturated carbocycles. The van der Waals surface area contributed by atoms with Gasteiger partial charge in [0.25, 0.3) is 0 Å². The van der Waals surface area contributed by atoms with Crippen LogP contribution < -0.4 is 18.9 Å². The molecule has 3 radical (unpaired) electrons. The fraction of sp³-hybridized carbons (Fsp3) is 0.651. The number of aliphatic hydroxyl groups excluding tert-OH is 1. The molecule has 0 aliphatic rings. The van der Waals surface area contributed by atoms with Crippen LogP contribution in [0.3, 0.4) is 0 Å². The third-order valence-electron chi connectivity index (χ3n) is 7.71. The van der Waals surface area contributed by atoms with E-state index in [1.165, 1.54) is 20.5 Å². The first kappa shape index (κ1) is 81.1. The Morgan fingerprint density at radius 2 is 1.19 bits per heavy atom. The number of carbonyl (C=O) groups excluding carboxylic acids is 6. The van der Waals surface area contributed by atoms with Crippen molar-refractivity contribution >= 4 is 94.4 Å². The molecule has 3 rings (SSSR count). The number of hydrogen-bond acceptors (Lipinski definition) is 17. The number of nitrogens with one attached hydrogen (secondary N) is 3. The predicted molar refractivity (Wildman–Crippen MR) is 262 cm³/mol. The number of methoxy groups -OCH3 is 2. The number of rotatable bonds is 8. The maximum absolute atomic E-state index is 11.3. The predicted octanol–water partition coefficient (Wildman–Crippen LogP) is 4.99. The van der Waals surface area contributed by atoms with Crippen LogP contribution in [0.15, 0.2) is 19.0 Å². The second-order valence-corrected chi connectivity index (χ2v) is 22.9. The van der Waals surface area contributed by atoms with Crippen LogP contribution in [-0.4, -0.2) is 123 Å². The summed E-state index contributed by atoms with van der Waals surface area (Å²) in [6.45, 7) is 30.9. The molecule has 0 aliphatic heterocycles. The Kier molecular flexibility index (Phi) is 43.8. The summed E-state index contributed by atoms with van der Waals surface area (Å²) in [7, 11) is 7.37. The SMILES string of the molecule is C.CC(C)(C)c1[nH]cnc1C=O.CC(C)(C)c1nc[nH]c1CO.CCOC(=O)CC(=O)C(C)(C)C.COC(=O)C(Cl)C(=O)C(C)(C)C.COC(=O)c1nc[nH]c1C(C)(C)C.O=S(=O)(Cl)Cl.[Al].[H-].[Li+].[O]=[Mn]=[O]. The minimum absolute atomic E-state index is 0. The molecular formula is C43H74AlCl3LiMnN6O14S. The maximum atomic E-state index is 11.3. The van der Waals surface area contributed by atoms with Gasteiger partial charge in [-0.05, 0) is 6.92 Å². The molecule has 0 aromatic carbocycles. The van der Waals surface area contributed by atoms with E-state index in [2.05, 4.69) is 86.3 Å². The van der Waals surface area contributed by atoms with Gasteiger partial charge >= 0.3 is 67.5 Å². The second kappa shape index (κ2) is 37.8. The van der Waals surface area contributed by atoms with Gasteiger partial charge in [0.1, 0.15) is 17.9 Å². The summed E-state index contributed by atoms with van der Waals surface area (Å²) >= 11 is 4.10. The number of aldehydes is 1. The van der Waals surface area contributed by atoms with E-state index in [9.17, 15) is 28.8 Å². The van der Waals surface area contributed by atoms with Crippen LogP contribution in [0.1, 0.15) is 170 Å². The van der Waals surface area contributed by atoms with Crippen molar-refractivity contribution in [3.63, 3.8) is 0 Å². The molecule has 20 nitrogen and oxygen atoms in total. The van der Waals surface area contributed by atoms with Gasteiger partial charge in [-0.3, -0.25) is 19.2 Å². The Morgan fingerprint density at radius 3 is 1.49 bits per heavy atom. The van der Waals surface area contributed by atoms with Crippen molar-refractivity contribution < 1.29 is 99.3 Å². The number of ketones is 2. The summed E-state index contributed by atoms with van der Waals surface area (Å²) in [5.74, 6) is -1.93. The fourth-order valence-electron chi connectivity index (χ4n) is 4.40. The standard InChI is InChI=1S/C9H14N2O2.C9H16O3.C8H13ClO3.C8H14N2O.C8H12N2O.CH4.Al.Cl2O2S.Li.Mn.2O.H/c1-9(2,3)7-6(8(12)13-4)10-5-11-7;1-5-12-8(11)6-7(10)9(2,3)4;1-8(2,3)6(10)5(9)7(11)12-4;2*1-8(2,3)7-6(4-11)9-5-10-7;;;1-5(2,3)4;;;;;/h5H,1-4H3,(H,10,11);5-6H2,1-4H3;5H,1-4H3;5,11H,4H2,1-3H3,(H,9,10);4-5H,1-3H3,(H,9,10);1H4;;;;;;;/q;;;;;;;;+1;;;;-1. The third kappa shape index (κ3) is 37.8. The topological polar surface area (TPSA) is 305 Å². The van der Waals surface area contributed by atoms with Crippen molar-refractivity contribution in [2.24, 2.45) is 10.8 Å². The number of hydrogen-bond donors (Lipinski definition) is 4. The number of nitrogens with zero attached hydrogens (tertiary/aromatic N) is 3. The van der Waals surface area contributed by atoms with Gasteiger partial charge in [-0.2, -0.15) is 8.42 Å². The van der Waals surface area contributed by atoms with Gasteiger partial charge in [0.15, 0.2) is 23.1 Å². The van der Waals surface area contributed by atoms with E-state index in [1.54, 1.807) is 61.1 Å². The zero-order valence-corrected chi connectivity index (χ0v) is 48.5. The minimum atomic E-state index is -3.72. The Hall–Kier alpha value is -2.92. The molecule has 0 aliphatic carbocycles. The van der Waals surface area contributed by atoms with Crippen LogP contribution in [0.2, 0.25) is 0 Å². The summed E-state index contributed by atoms with van der Waals surface area (Å²) in [6, 6.07) is 0. The van der Waals surface area contributed by atoms with E-state index in [1.807, 2.05) is 41.5 Å². The van der Waals surface area contributed by atoms with Crippen LogP contribution in [0.5, 0.6) is 0 Å². The van der Waals surface area contributed by atoms with Gasteiger partial charge in [0.05, 0.1) is 69.2 Å². The van der Waals surface area contributed by atoms with Crippen molar-refractivity contribution in [3.8, 4) is 0 Å². The van der Waals surface area contributed by atoms with Crippen molar-refractivity contribution in [3.05, 3.63) is 53.1 Å². The summed E-state index contributed by atoms with van der Waals surface area (Å²) in [5.41, 5.74) is 3.13. The van der Waals surface area contributed by atoms with Crippen LogP contribution in [-0.2, 0) is 87.0 Å². The van der Waals surface area contributed by atoms with Crippen LogP contribution in [0.25, 0.3) is 0 Å². The number of aliphatic hydroxyl groups is 1. The monoisotopic (exact) mass is 1120 g/mol. The van der Waals surface area contributed by atoms with Crippen molar-refractivity contribution in [2.75, 3.05) is 20.8 Å². The number of imidazole rings is 3. The summed E-state index contributed by atoms with van der Waals surface area (Å²) < 4.78 is 48.7. The Morgan fingerprint density at radius 1 is 0.771 bits per heavy atom. The number of carbonyl (C=O) groups is 6. The van der Waals surface area contributed by atoms with E-state index in [0.717, 1.165) is 29.1 Å². The number of alkyl halides is 1. The van der Waals surface area contributed by atoms with Gasteiger partial charge < -0.3 is 35.7 Å². The Labute approximate surface area is 458 Å². The van der Waals surface area contributed by atoms with Gasteiger partial charge in [0.2, 0.25) is 0 Å². The Balaban J connectivity index is -0.000000111.